The second-order valence-corrected chi connectivity index (χ2v) is 2.90. The summed E-state index contributed by atoms with van der Waals surface area (Å²) in [5.41, 5.74) is 2.60. The van der Waals surface area contributed by atoms with E-state index in [4.69, 9.17) is 0 Å². The Balaban J connectivity index is 2.41. The molecule has 1 aromatic rings. The Morgan fingerprint density at radius 2 is 2.36 bits per heavy atom. The van der Waals surface area contributed by atoms with Gasteiger partial charge in [-0.1, -0.05) is 0 Å². The minimum absolute atomic E-state index is 0.918. The molecule has 1 aromatic heterocycles. The molecule has 3 heteroatoms. The van der Waals surface area contributed by atoms with Crippen LogP contribution in [0.15, 0.2) is 23.5 Å². The number of fused-ring (bicyclic) bond motifs is 1. The maximum atomic E-state index is 4.16. The molecular weight excluding hydrogens is 138 g/mol. The van der Waals surface area contributed by atoms with Crippen molar-refractivity contribution in [2.24, 2.45) is 0 Å². The van der Waals surface area contributed by atoms with Gasteiger partial charge in [-0.3, -0.25) is 0 Å². The second-order valence-electron chi connectivity index (χ2n) is 2.90. The third-order valence-corrected chi connectivity index (χ3v) is 2.06. The van der Waals surface area contributed by atoms with Crippen LogP contribution >= 0.6 is 0 Å². The summed E-state index contributed by atoms with van der Waals surface area (Å²) in [6.07, 6.45) is 1.81. The number of nitrogens with one attached hydrogen (secondary N) is 1. The summed E-state index contributed by atoms with van der Waals surface area (Å²) in [5.74, 6) is 1.09. The van der Waals surface area contributed by atoms with E-state index in [0.717, 1.165) is 12.4 Å². The molecular formula is C8H11N3. The zero-order valence-corrected chi connectivity index (χ0v) is 6.76. The van der Waals surface area contributed by atoms with Gasteiger partial charge in [-0.15, -0.1) is 0 Å². The number of aromatic nitrogens is 2. The van der Waals surface area contributed by atoms with E-state index in [1.54, 1.807) is 0 Å². The number of allylic oxidation sites excluding steroid dienone is 2. The van der Waals surface area contributed by atoms with Crippen molar-refractivity contribution in [1.29, 1.82) is 0 Å². The van der Waals surface area contributed by atoms with Crippen LogP contribution in [0.1, 0.15) is 13.8 Å². The zero-order valence-electron chi connectivity index (χ0n) is 6.76. The van der Waals surface area contributed by atoms with Gasteiger partial charge in [0.1, 0.15) is 5.82 Å². The average molecular weight is 149 g/mol. The summed E-state index contributed by atoms with van der Waals surface area (Å²) in [4.78, 5) is 0. The first-order chi connectivity index (χ1) is 5.27. The summed E-state index contributed by atoms with van der Waals surface area (Å²) in [5, 5.41) is 7.43. The minimum atomic E-state index is 0.918. The molecule has 0 aliphatic carbocycles. The smallest absolute Gasteiger partial charge is 0.128 e. The molecule has 2 heterocycles. The fraction of sp³-hybridized carbons (Fsp3) is 0.375. The lowest BCUT2D eigenvalue weighted by molar-refractivity contribution is 0.665. The summed E-state index contributed by atoms with van der Waals surface area (Å²) in [6, 6.07) is 1.98. The standard InChI is InChI=1S/C8H11N3/c1-6-5-11-8(3-4-9-11)10-7(6)2/h3-4,10H,5H2,1-2H3. The van der Waals surface area contributed by atoms with Crippen LogP contribution in [0.25, 0.3) is 0 Å². The zero-order chi connectivity index (χ0) is 7.84. The highest BCUT2D eigenvalue weighted by Gasteiger charge is 2.10. The van der Waals surface area contributed by atoms with Crippen LogP contribution in [0.2, 0.25) is 0 Å². The third-order valence-electron chi connectivity index (χ3n) is 2.06. The largest absolute Gasteiger partial charge is 0.344 e. The number of hydrogen-bond donors (Lipinski definition) is 1. The van der Waals surface area contributed by atoms with Crippen LogP contribution in [0, 0.1) is 0 Å². The molecule has 0 amide bonds. The Labute approximate surface area is 65.7 Å². The topological polar surface area (TPSA) is 29.9 Å². The summed E-state index contributed by atoms with van der Waals surface area (Å²) in [7, 11) is 0. The normalized spacial score (nSPS) is 16.2. The van der Waals surface area contributed by atoms with Gasteiger partial charge in [0.15, 0.2) is 0 Å². The molecule has 1 aliphatic rings. The third kappa shape index (κ3) is 0.926. The van der Waals surface area contributed by atoms with Crippen LogP contribution < -0.4 is 5.32 Å². The van der Waals surface area contributed by atoms with Crippen LogP contribution in [-0.2, 0) is 6.54 Å². The van der Waals surface area contributed by atoms with Gasteiger partial charge in [-0.05, 0) is 19.4 Å². The molecule has 0 unspecified atom stereocenters. The predicted octanol–water partition coefficient (Wildman–Crippen LogP) is 1.60. The Hall–Kier alpha value is -1.25. The summed E-state index contributed by atoms with van der Waals surface area (Å²) in [6.45, 7) is 5.12. The van der Waals surface area contributed by atoms with Gasteiger partial charge < -0.3 is 5.32 Å². The highest BCUT2D eigenvalue weighted by atomic mass is 15.3. The molecule has 0 spiro atoms. The molecule has 3 nitrogen and oxygen atoms in total. The number of hydrogen-bond acceptors (Lipinski definition) is 2. The van der Waals surface area contributed by atoms with E-state index in [0.29, 0.717) is 0 Å². The van der Waals surface area contributed by atoms with E-state index in [-0.39, 0.29) is 0 Å². The second kappa shape index (κ2) is 2.12. The first-order valence-electron chi connectivity index (χ1n) is 3.72. The van der Waals surface area contributed by atoms with Gasteiger partial charge in [0, 0.05) is 11.8 Å². The highest BCUT2D eigenvalue weighted by molar-refractivity contribution is 5.45. The molecule has 1 aliphatic heterocycles. The van der Waals surface area contributed by atoms with Crippen LogP contribution in [0.4, 0.5) is 5.82 Å². The number of anilines is 1. The molecule has 0 saturated heterocycles. The summed E-state index contributed by atoms with van der Waals surface area (Å²) >= 11 is 0. The number of rotatable bonds is 0. The molecule has 1 N–H and O–H groups in total. The quantitative estimate of drug-likeness (QED) is 0.607. The molecule has 0 saturated carbocycles. The van der Waals surface area contributed by atoms with Crippen molar-refractivity contribution < 1.29 is 0 Å². The first-order valence-corrected chi connectivity index (χ1v) is 3.72. The molecule has 11 heavy (non-hydrogen) atoms. The van der Waals surface area contributed by atoms with E-state index in [1.165, 1.54) is 11.3 Å². The van der Waals surface area contributed by atoms with Crippen LogP contribution in [0.5, 0.6) is 0 Å². The van der Waals surface area contributed by atoms with E-state index in [1.807, 2.05) is 16.9 Å². The molecule has 0 radical (unpaired) electrons. The van der Waals surface area contributed by atoms with Crippen LogP contribution in [0.3, 0.4) is 0 Å². The Morgan fingerprint density at radius 3 is 3.18 bits per heavy atom. The molecule has 0 bridgehead atoms. The predicted molar refractivity (Wildman–Crippen MR) is 44.2 cm³/mol. The molecule has 2 rings (SSSR count). The minimum Gasteiger partial charge on any atom is -0.344 e. The van der Waals surface area contributed by atoms with E-state index < -0.39 is 0 Å². The lowest BCUT2D eigenvalue weighted by atomic mass is 10.2. The van der Waals surface area contributed by atoms with Gasteiger partial charge >= 0.3 is 0 Å². The van der Waals surface area contributed by atoms with Gasteiger partial charge in [0.25, 0.3) is 0 Å². The van der Waals surface area contributed by atoms with Gasteiger partial charge in [-0.25, -0.2) is 4.68 Å². The monoisotopic (exact) mass is 149 g/mol. The van der Waals surface area contributed by atoms with Crippen molar-refractivity contribution in [2.75, 3.05) is 5.32 Å². The summed E-state index contributed by atoms with van der Waals surface area (Å²) < 4.78 is 1.96. The molecule has 0 atom stereocenters. The van der Waals surface area contributed by atoms with Crippen molar-refractivity contribution in [3.63, 3.8) is 0 Å². The lowest BCUT2D eigenvalue weighted by Crippen LogP contribution is -2.15. The molecule has 0 fully saturated rings. The molecule has 0 aromatic carbocycles. The maximum Gasteiger partial charge on any atom is 0.128 e. The van der Waals surface area contributed by atoms with Crippen molar-refractivity contribution in [3.05, 3.63) is 23.5 Å². The first kappa shape index (κ1) is 6.46. The lowest BCUT2D eigenvalue weighted by Gasteiger charge is -2.18. The van der Waals surface area contributed by atoms with Gasteiger partial charge in [0.05, 0.1) is 12.7 Å². The average Bonchev–Trinajstić information content (AvgIpc) is 2.36. The maximum absolute atomic E-state index is 4.16. The molecule has 58 valence electrons. The van der Waals surface area contributed by atoms with E-state index in [9.17, 15) is 0 Å². The van der Waals surface area contributed by atoms with E-state index >= 15 is 0 Å². The number of nitrogens with zero attached hydrogens (tertiary/aromatic N) is 2. The van der Waals surface area contributed by atoms with Crippen LogP contribution in [-0.4, -0.2) is 9.78 Å². The Bertz CT molecular complexity index is 280. The van der Waals surface area contributed by atoms with Crippen molar-refractivity contribution in [2.45, 2.75) is 20.4 Å². The van der Waals surface area contributed by atoms with Crippen molar-refractivity contribution in [3.8, 4) is 0 Å². The SMILES string of the molecule is CC1=C(C)Nc2ccnn2C1. The van der Waals surface area contributed by atoms with E-state index in [2.05, 4.69) is 24.3 Å². The Kier molecular flexibility index (Phi) is 1.24. The van der Waals surface area contributed by atoms with Gasteiger partial charge in [-0.2, -0.15) is 5.10 Å². The van der Waals surface area contributed by atoms with Gasteiger partial charge in [0.2, 0.25) is 0 Å². The Morgan fingerprint density at radius 1 is 1.55 bits per heavy atom. The van der Waals surface area contributed by atoms with Crippen molar-refractivity contribution >= 4 is 5.82 Å². The fourth-order valence-electron chi connectivity index (χ4n) is 1.21. The highest BCUT2D eigenvalue weighted by Crippen LogP contribution is 2.19. The fourth-order valence-corrected chi connectivity index (χ4v) is 1.21. The van der Waals surface area contributed by atoms with Crippen molar-refractivity contribution in [1.82, 2.24) is 9.78 Å².